The van der Waals surface area contributed by atoms with E-state index in [0.717, 1.165) is 44.1 Å². The summed E-state index contributed by atoms with van der Waals surface area (Å²) in [6.45, 7) is 9.90. The average molecular weight is 585 g/mol. The number of rotatable bonds is 4. The van der Waals surface area contributed by atoms with Crippen LogP contribution in [0.2, 0.25) is 0 Å². The summed E-state index contributed by atoms with van der Waals surface area (Å²) in [6.07, 6.45) is 15.6. The normalized spacial score (nSPS) is 51.4. The summed E-state index contributed by atoms with van der Waals surface area (Å²) in [6, 6.07) is 10.6. The molecule has 2 heterocycles. The first-order chi connectivity index (χ1) is 20.5. The van der Waals surface area contributed by atoms with E-state index in [0.29, 0.717) is 18.9 Å². The van der Waals surface area contributed by atoms with E-state index in [9.17, 15) is 15.0 Å². The predicted molar refractivity (Wildman–Crippen MR) is 165 cm³/mol. The van der Waals surface area contributed by atoms with E-state index in [-0.39, 0.29) is 75.7 Å². The van der Waals surface area contributed by atoms with Gasteiger partial charge >= 0.3 is 5.97 Å². The maximum atomic E-state index is 13.2. The lowest BCUT2D eigenvalue weighted by atomic mass is 9.38. The third kappa shape index (κ3) is 3.48. The van der Waals surface area contributed by atoms with E-state index in [1.165, 1.54) is 11.1 Å². The Kier molecular flexibility index (Phi) is 6.03. The number of carbonyl (C=O) groups excluding carboxylic acids is 1. The molecule has 43 heavy (non-hydrogen) atoms. The molecule has 0 bridgehead atoms. The van der Waals surface area contributed by atoms with Gasteiger partial charge in [0, 0.05) is 17.3 Å². The number of cyclic esters (lactones) is 1. The van der Waals surface area contributed by atoms with E-state index < -0.39 is 0 Å². The van der Waals surface area contributed by atoms with Crippen LogP contribution in [0.15, 0.2) is 65.8 Å². The molecule has 5 fully saturated rings. The number of fused-ring (bicyclic) bond motifs is 5. The van der Waals surface area contributed by atoms with Crippen molar-refractivity contribution in [1.82, 2.24) is 0 Å². The molecule has 5 heteroatoms. The predicted octanol–water partition coefficient (Wildman–Crippen LogP) is 6.72. The molecule has 0 spiro atoms. The van der Waals surface area contributed by atoms with E-state index in [1.54, 1.807) is 0 Å². The van der Waals surface area contributed by atoms with Crippen LogP contribution in [-0.2, 0) is 14.3 Å². The highest BCUT2D eigenvalue weighted by atomic mass is 16.5. The molecule has 0 unspecified atom stereocenters. The molecule has 5 nitrogen and oxygen atoms in total. The van der Waals surface area contributed by atoms with E-state index in [4.69, 9.17) is 9.47 Å². The minimum atomic E-state index is -0.386. The molecule has 2 N–H and O–H groups in total. The van der Waals surface area contributed by atoms with Crippen molar-refractivity contribution in [3.05, 3.63) is 71.3 Å². The molecule has 0 amide bonds. The standard InChI is InChI=1S/C38H48O5/c1-23(20-39)16-26-18-27(33(41)43-26)28-11-15-38-21-37(28,38)14-12-30-34(2)13-10-25-17-29(24-8-6-5-7-9-24)42-22-35(25,3)31(34)19-32(40)36(30,38)4/h5-10,12,14,16,26-32,39-40H,11,13,15,17-22H2,1-4H3/b23-16+/t26-,27-,28-,29-,30+,31+,32+,34+,35-,36-,37-,38+/m0/s1. The second kappa shape index (κ2) is 9.17. The fourth-order valence-electron chi connectivity index (χ4n) is 12.3. The summed E-state index contributed by atoms with van der Waals surface area (Å²) in [5, 5.41) is 21.8. The molecule has 5 aliphatic carbocycles. The van der Waals surface area contributed by atoms with Gasteiger partial charge in [0.2, 0.25) is 0 Å². The van der Waals surface area contributed by atoms with Crippen molar-refractivity contribution in [3.63, 3.8) is 0 Å². The van der Waals surface area contributed by atoms with Crippen LogP contribution in [-0.4, -0.2) is 41.6 Å². The average Bonchev–Trinajstić information content (AvgIpc) is 3.39. The van der Waals surface area contributed by atoms with E-state index in [2.05, 4.69) is 69.3 Å². The van der Waals surface area contributed by atoms with Crippen LogP contribution in [0.3, 0.4) is 0 Å². The van der Waals surface area contributed by atoms with Crippen LogP contribution in [0.1, 0.15) is 84.3 Å². The van der Waals surface area contributed by atoms with Crippen molar-refractivity contribution >= 4 is 5.97 Å². The number of ether oxygens (including phenoxy) is 2. The summed E-state index contributed by atoms with van der Waals surface area (Å²) >= 11 is 0. The van der Waals surface area contributed by atoms with Gasteiger partial charge in [-0.3, -0.25) is 4.79 Å². The Morgan fingerprint density at radius 1 is 1.14 bits per heavy atom. The van der Waals surface area contributed by atoms with Gasteiger partial charge in [-0.25, -0.2) is 0 Å². The van der Waals surface area contributed by atoms with Crippen molar-refractivity contribution in [2.75, 3.05) is 13.2 Å². The summed E-state index contributed by atoms with van der Waals surface area (Å²) in [7, 11) is 0. The van der Waals surface area contributed by atoms with Gasteiger partial charge in [-0.05, 0) is 96.7 Å². The fraction of sp³-hybridized carbons (Fsp3) is 0.658. The first kappa shape index (κ1) is 28.3. The molecule has 230 valence electrons. The van der Waals surface area contributed by atoms with Gasteiger partial charge in [-0.1, -0.05) is 74.9 Å². The molecule has 1 aromatic carbocycles. The van der Waals surface area contributed by atoms with Crippen molar-refractivity contribution in [1.29, 1.82) is 0 Å². The first-order valence-corrected chi connectivity index (χ1v) is 16.7. The summed E-state index contributed by atoms with van der Waals surface area (Å²) in [4.78, 5) is 13.2. The highest BCUT2D eigenvalue weighted by molar-refractivity contribution is 5.76. The third-order valence-electron chi connectivity index (χ3n) is 14.5. The molecule has 0 aromatic heterocycles. The summed E-state index contributed by atoms with van der Waals surface area (Å²) < 4.78 is 12.5. The Morgan fingerprint density at radius 2 is 1.93 bits per heavy atom. The number of hydrogen-bond acceptors (Lipinski definition) is 5. The Morgan fingerprint density at radius 3 is 2.70 bits per heavy atom. The number of hydrogen-bond donors (Lipinski definition) is 2. The lowest BCUT2D eigenvalue weighted by Crippen LogP contribution is -2.64. The molecule has 3 saturated carbocycles. The minimum Gasteiger partial charge on any atom is -0.458 e. The van der Waals surface area contributed by atoms with Crippen LogP contribution < -0.4 is 0 Å². The molecular formula is C38H48O5. The number of esters is 1. The zero-order valence-electron chi connectivity index (χ0n) is 26.2. The maximum Gasteiger partial charge on any atom is 0.309 e. The molecule has 0 radical (unpaired) electrons. The van der Waals surface area contributed by atoms with Gasteiger partial charge < -0.3 is 19.7 Å². The SMILES string of the molecule is C/C(=C\[C@H]1C[C@@H]([C@@H]2CC[C@]34C[C@@]23C=C[C@@H]2[C@@]3(C)CC=C5C[C@@H](c6ccccc6)OC[C@]5(C)[C@@H]3C[C@@H](O)[C@]24C)C(=O)O1)CO. The Hall–Kier alpha value is -2.21. The minimum absolute atomic E-state index is 0.00914. The van der Waals surface area contributed by atoms with Crippen molar-refractivity contribution in [3.8, 4) is 0 Å². The molecule has 7 aliphatic rings. The zero-order valence-corrected chi connectivity index (χ0v) is 26.2. The highest BCUT2D eigenvalue weighted by Gasteiger charge is 2.84. The van der Waals surface area contributed by atoms with Crippen LogP contribution in [0.4, 0.5) is 0 Å². The second-order valence-corrected chi connectivity index (χ2v) is 16.1. The van der Waals surface area contributed by atoms with Gasteiger partial charge in [0.25, 0.3) is 0 Å². The first-order valence-electron chi connectivity index (χ1n) is 16.7. The topological polar surface area (TPSA) is 76.0 Å². The number of allylic oxidation sites excluding steroid dienone is 3. The third-order valence-corrected chi connectivity index (χ3v) is 14.5. The fourth-order valence-corrected chi connectivity index (χ4v) is 12.3. The van der Waals surface area contributed by atoms with Gasteiger partial charge in [-0.15, -0.1) is 0 Å². The Bertz CT molecular complexity index is 1430. The van der Waals surface area contributed by atoms with E-state index in [1.807, 2.05) is 13.0 Å². The Balaban J connectivity index is 1.11. The molecule has 2 aliphatic heterocycles. The highest BCUT2D eigenvalue weighted by Crippen LogP contribution is 2.89. The molecule has 2 saturated heterocycles. The van der Waals surface area contributed by atoms with Crippen molar-refractivity contribution in [2.24, 2.45) is 50.7 Å². The zero-order chi connectivity index (χ0) is 30.0. The molecular weight excluding hydrogens is 536 g/mol. The smallest absolute Gasteiger partial charge is 0.309 e. The van der Waals surface area contributed by atoms with Gasteiger partial charge in [0.1, 0.15) is 6.10 Å². The number of carbonyl (C=O) groups is 1. The van der Waals surface area contributed by atoms with Gasteiger partial charge in [0.05, 0.1) is 31.3 Å². The van der Waals surface area contributed by atoms with Crippen LogP contribution in [0.25, 0.3) is 0 Å². The van der Waals surface area contributed by atoms with Crippen LogP contribution >= 0.6 is 0 Å². The molecule has 12 atom stereocenters. The lowest BCUT2D eigenvalue weighted by molar-refractivity contribution is -0.199. The van der Waals surface area contributed by atoms with Crippen LogP contribution in [0, 0.1) is 50.7 Å². The van der Waals surface area contributed by atoms with Crippen molar-refractivity contribution in [2.45, 2.75) is 91.0 Å². The van der Waals surface area contributed by atoms with E-state index >= 15 is 0 Å². The van der Waals surface area contributed by atoms with Crippen molar-refractivity contribution < 1.29 is 24.5 Å². The molecule has 8 rings (SSSR count). The number of aliphatic hydroxyl groups excluding tert-OH is 2. The summed E-state index contributed by atoms with van der Waals surface area (Å²) in [5.74, 6) is 0.706. The summed E-state index contributed by atoms with van der Waals surface area (Å²) in [5.41, 5.74) is 3.38. The molecule has 1 aromatic rings. The lowest BCUT2D eigenvalue weighted by Gasteiger charge is -2.67. The largest absolute Gasteiger partial charge is 0.458 e. The van der Waals surface area contributed by atoms with Gasteiger partial charge in [0.15, 0.2) is 0 Å². The number of aliphatic hydroxyl groups is 2. The number of benzene rings is 1. The monoisotopic (exact) mass is 584 g/mol. The Labute approximate surface area is 256 Å². The van der Waals surface area contributed by atoms with Gasteiger partial charge in [-0.2, -0.15) is 0 Å². The van der Waals surface area contributed by atoms with Crippen LogP contribution in [0.5, 0.6) is 0 Å². The quantitative estimate of drug-likeness (QED) is 0.304. The maximum absolute atomic E-state index is 13.2. The second-order valence-electron chi connectivity index (χ2n) is 16.1.